The zero-order valence-electron chi connectivity index (χ0n) is 8.33. The van der Waals surface area contributed by atoms with E-state index in [2.05, 4.69) is 9.58 Å². The van der Waals surface area contributed by atoms with Crippen molar-refractivity contribution in [3.8, 4) is 0 Å². The number of carbonyl (C=O) groups is 1. The van der Waals surface area contributed by atoms with Crippen molar-refractivity contribution in [1.29, 1.82) is 0 Å². The molecule has 0 aliphatic carbocycles. The standard InChI is InChI=1S/C10H11NO3/c1-6(11-3)9-5-8(7(2)14-9)10(12)13-4/h5-6H,1-2,4H3. The normalized spacial score (nSPS) is 11.9. The first kappa shape index (κ1) is 10.3. The van der Waals surface area contributed by atoms with Crippen LogP contribution in [0.15, 0.2) is 10.5 Å². The zero-order valence-corrected chi connectivity index (χ0v) is 8.33. The molecule has 1 aromatic rings. The SMILES string of the molecule is [C-]#[N+]C(C)c1cc(C(=O)OC)c(C)o1. The quantitative estimate of drug-likeness (QED) is 0.535. The molecule has 0 aliphatic heterocycles. The van der Waals surface area contributed by atoms with Crippen LogP contribution in [0, 0.1) is 13.5 Å². The van der Waals surface area contributed by atoms with Crippen molar-refractivity contribution in [2.24, 2.45) is 0 Å². The van der Waals surface area contributed by atoms with Gasteiger partial charge >= 0.3 is 5.97 Å². The van der Waals surface area contributed by atoms with E-state index in [9.17, 15) is 4.79 Å². The maximum absolute atomic E-state index is 11.2. The molecule has 1 atom stereocenters. The Labute approximate surface area is 82.3 Å². The highest BCUT2D eigenvalue weighted by Crippen LogP contribution is 2.23. The first-order valence-corrected chi connectivity index (χ1v) is 4.15. The maximum atomic E-state index is 11.2. The highest BCUT2D eigenvalue weighted by Gasteiger charge is 2.20. The van der Waals surface area contributed by atoms with Crippen molar-refractivity contribution in [3.05, 3.63) is 34.6 Å². The van der Waals surface area contributed by atoms with Crippen LogP contribution in [-0.2, 0) is 4.74 Å². The third-order valence-electron chi connectivity index (χ3n) is 1.95. The van der Waals surface area contributed by atoms with Crippen LogP contribution in [0.2, 0.25) is 0 Å². The zero-order chi connectivity index (χ0) is 10.7. The topological polar surface area (TPSA) is 43.8 Å². The number of esters is 1. The minimum atomic E-state index is -0.435. The molecule has 0 amide bonds. The molecule has 1 rings (SSSR count). The monoisotopic (exact) mass is 193 g/mol. The van der Waals surface area contributed by atoms with E-state index < -0.39 is 5.97 Å². The fraction of sp³-hybridized carbons (Fsp3) is 0.400. The summed E-state index contributed by atoms with van der Waals surface area (Å²) < 4.78 is 9.84. The van der Waals surface area contributed by atoms with Crippen LogP contribution in [0.5, 0.6) is 0 Å². The van der Waals surface area contributed by atoms with E-state index in [-0.39, 0.29) is 6.04 Å². The molecule has 1 unspecified atom stereocenters. The Hall–Kier alpha value is -1.76. The second-order valence-corrected chi connectivity index (χ2v) is 2.92. The van der Waals surface area contributed by atoms with Gasteiger partial charge in [-0.3, -0.25) is 0 Å². The number of rotatable bonds is 2. The number of carbonyl (C=O) groups excluding carboxylic acids is 1. The Morgan fingerprint density at radius 1 is 1.71 bits per heavy atom. The molecule has 0 aromatic carbocycles. The molecule has 1 aromatic heterocycles. The molecular weight excluding hydrogens is 182 g/mol. The number of ether oxygens (including phenoxy) is 1. The van der Waals surface area contributed by atoms with Crippen LogP contribution in [-0.4, -0.2) is 13.1 Å². The lowest BCUT2D eigenvalue weighted by molar-refractivity contribution is 0.0599. The van der Waals surface area contributed by atoms with Gasteiger partial charge < -0.3 is 14.0 Å². The lowest BCUT2D eigenvalue weighted by Crippen LogP contribution is -2.00. The summed E-state index contributed by atoms with van der Waals surface area (Å²) in [5.41, 5.74) is 0.387. The highest BCUT2D eigenvalue weighted by atomic mass is 16.5. The van der Waals surface area contributed by atoms with Gasteiger partial charge in [-0.05, 0) is 6.92 Å². The average molecular weight is 193 g/mol. The summed E-state index contributed by atoms with van der Waals surface area (Å²) in [6.07, 6.45) is 0. The minimum Gasteiger partial charge on any atom is -0.465 e. The van der Waals surface area contributed by atoms with Crippen molar-refractivity contribution < 1.29 is 13.9 Å². The Morgan fingerprint density at radius 3 is 2.86 bits per heavy atom. The second-order valence-electron chi connectivity index (χ2n) is 2.92. The first-order chi connectivity index (χ1) is 6.60. The number of hydrogen-bond acceptors (Lipinski definition) is 3. The lowest BCUT2D eigenvalue weighted by Gasteiger charge is -1.93. The van der Waals surface area contributed by atoms with Crippen molar-refractivity contribution in [2.75, 3.05) is 7.11 Å². The summed E-state index contributed by atoms with van der Waals surface area (Å²) in [6, 6.07) is 1.19. The molecule has 0 saturated carbocycles. The number of furan rings is 1. The van der Waals surface area contributed by atoms with Crippen molar-refractivity contribution in [3.63, 3.8) is 0 Å². The molecule has 0 radical (unpaired) electrons. The van der Waals surface area contributed by atoms with E-state index in [1.54, 1.807) is 19.9 Å². The largest absolute Gasteiger partial charge is 0.465 e. The summed E-state index contributed by atoms with van der Waals surface area (Å²) in [4.78, 5) is 14.5. The van der Waals surface area contributed by atoms with E-state index in [0.29, 0.717) is 17.1 Å². The lowest BCUT2D eigenvalue weighted by atomic mass is 10.2. The highest BCUT2D eigenvalue weighted by molar-refractivity contribution is 5.90. The minimum absolute atomic E-state index is 0.368. The Morgan fingerprint density at radius 2 is 2.36 bits per heavy atom. The van der Waals surface area contributed by atoms with Crippen LogP contribution < -0.4 is 0 Å². The molecular formula is C10H11NO3. The van der Waals surface area contributed by atoms with Gasteiger partial charge in [0.2, 0.25) is 0 Å². The molecule has 0 bridgehead atoms. The predicted molar refractivity (Wildman–Crippen MR) is 49.8 cm³/mol. The third kappa shape index (κ3) is 1.77. The van der Waals surface area contributed by atoms with E-state index in [1.165, 1.54) is 7.11 Å². The van der Waals surface area contributed by atoms with Crippen molar-refractivity contribution in [1.82, 2.24) is 0 Å². The van der Waals surface area contributed by atoms with E-state index in [1.807, 2.05) is 0 Å². The third-order valence-corrected chi connectivity index (χ3v) is 1.95. The summed E-state index contributed by atoms with van der Waals surface area (Å²) in [6.45, 7) is 10.2. The van der Waals surface area contributed by atoms with Crippen LogP contribution in [0.25, 0.3) is 4.85 Å². The van der Waals surface area contributed by atoms with Gasteiger partial charge in [-0.15, -0.1) is 0 Å². The molecule has 0 N–H and O–H groups in total. The molecule has 0 saturated heterocycles. The van der Waals surface area contributed by atoms with Gasteiger partial charge in [0.05, 0.1) is 7.11 Å². The Bertz CT molecular complexity index is 387. The van der Waals surface area contributed by atoms with Crippen LogP contribution in [0.1, 0.15) is 34.8 Å². The van der Waals surface area contributed by atoms with Crippen molar-refractivity contribution >= 4 is 5.97 Å². The van der Waals surface area contributed by atoms with Gasteiger partial charge in [0.25, 0.3) is 6.04 Å². The van der Waals surface area contributed by atoms with Gasteiger partial charge in [0.15, 0.2) is 5.76 Å². The number of nitrogens with zero attached hydrogens (tertiary/aromatic N) is 1. The fourth-order valence-electron chi connectivity index (χ4n) is 1.09. The van der Waals surface area contributed by atoms with Crippen molar-refractivity contribution in [2.45, 2.75) is 19.9 Å². The Kier molecular flexibility index (Phi) is 2.92. The fourth-order valence-corrected chi connectivity index (χ4v) is 1.09. The number of methoxy groups -OCH3 is 1. The van der Waals surface area contributed by atoms with Gasteiger partial charge in [-0.1, -0.05) is 0 Å². The van der Waals surface area contributed by atoms with Gasteiger partial charge in [0.1, 0.15) is 11.3 Å². The summed E-state index contributed by atoms with van der Waals surface area (Å²) in [5, 5.41) is 0. The summed E-state index contributed by atoms with van der Waals surface area (Å²) in [7, 11) is 1.31. The number of aryl methyl sites for hydroxylation is 1. The first-order valence-electron chi connectivity index (χ1n) is 4.15. The predicted octanol–water partition coefficient (Wildman–Crippen LogP) is 2.35. The molecule has 0 spiro atoms. The van der Waals surface area contributed by atoms with Gasteiger partial charge in [0, 0.05) is 13.0 Å². The van der Waals surface area contributed by atoms with Gasteiger partial charge in [-0.25, -0.2) is 11.4 Å². The molecule has 74 valence electrons. The average Bonchev–Trinajstić information content (AvgIpc) is 2.58. The molecule has 4 heteroatoms. The molecule has 14 heavy (non-hydrogen) atoms. The Balaban J connectivity index is 3.06. The smallest absolute Gasteiger partial charge is 0.341 e. The van der Waals surface area contributed by atoms with Crippen LogP contribution >= 0.6 is 0 Å². The molecule has 4 nitrogen and oxygen atoms in total. The molecule has 0 aliphatic rings. The van der Waals surface area contributed by atoms with E-state index >= 15 is 0 Å². The number of hydrogen-bond donors (Lipinski definition) is 0. The van der Waals surface area contributed by atoms with E-state index in [0.717, 1.165) is 0 Å². The molecule has 0 fully saturated rings. The van der Waals surface area contributed by atoms with Crippen LogP contribution in [0.4, 0.5) is 0 Å². The van der Waals surface area contributed by atoms with Crippen LogP contribution in [0.3, 0.4) is 0 Å². The second kappa shape index (κ2) is 3.97. The summed E-state index contributed by atoms with van der Waals surface area (Å²) in [5.74, 6) is 0.551. The van der Waals surface area contributed by atoms with E-state index in [4.69, 9.17) is 11.0 Å². The summed E-state index contributed by atoms with van der Waals surface area (Å²) >= 11 is 0. The van der Waals surface area contributed by atoms with Gasteiger partial charge in [-0.2, -0.15) is 0 Å². The maximum Gasteiger partial charge on any atom is 0.341 e. The molecule has 1 heterocycles.